The molecule has 0 saturated heterocycles. The van der Waals surface area contributed by atoms with Crippen molar-refractivity contribution >= 4 is 5.78 Å². The Bertz CT molecular complexity index is 687. The Kier molecular flexibility index (Phi) is 3.64. The van der Waals surface area contributed by atoms with Gasteiger partial charge in [0.25, 0.3) is 0 Å². The van der Waals surface area contributed by atoms with Gasteiger partial charge in [0.2, 0.25) is 0 Å². The lowest BCUT2D eigenvalue weighted by molar-refractivity contribution is 0.0907. The number of aromatic nitrogens is 2. The molecule has 0 unspecified atom stereocenters. The van der Waals surface area contributed by atoms with Crippen molar-refractivity contribution in [1.29, 1.82) is 0 Å². The maximum Gasteiger partial charge on any atom is 0.177 e. The van der Waals surface area contributed by atoms with Gasteiger partial charge in [-0.3, -0.25) is 9.69 Å². The van der Waals surface area contributed by atoms with Gasteiger partial charge in [-0.25, -0.2) is 4.98 Å². The monoisotopic (exact) mass is 283 g/mol. The molecule has 0 bridgehead atoms. The molecule has 21 heavy (non-hydrogen) atoms. The van der Waals surface area contributed by atoms with E-state index in [4.69, 9.17) is 0 Å². The molecule has 1 aromatic carbocycles. The molecule has 2 heterocycles. The number of fused-ring (bicyclic) bond motifs is 1. The first-order valence-corrected chi connectivity index (χ1v) is 7.38. The zero-order valence-corrected chi connectivity index (χ0v) is 12.9. The molecule has 0 fully saturated rings. The number of aryl methyl sites for hydroxylation is 3. The summed E-state index contributed by atoms with van der Waals surface area (Å²) in [6.45, 7) is 9.19. The van der Waals surface area contributed by atoms with Crippen molar-refractivity contribution in [2.75, 3.05) is 13.1 Å². The first-order chi connectivity index (χ1) is 10.0. The predicted octanol–water partition coefficient (Wildman–Crippen LogP) is 2.51. The summed E-state index contributed by atoms with van der Waals surface area (Å²) in [6, 6.07) is 4.13. The fourth-order valence-electron chi connectivity index (χ4n) is 2.91. The highest BCUT2D eigenvalue weighted by atomic mass is 16.1. The van der Waals surface area contributed by atoms with Crippen LogP contribution in [-0.2, 0) is 13.1 Å². The van der Waals surface area contributed by atoms with Crippen LogP contribution in [0.25, 0.3) is 0 Å². The van der Waals surface area contributed by atoms with Gasteiger partial charge in [0, 0.05) is 31.0 Å². The fraction of sp³-hybridized carbons (Fsp3) is 0.412. The zero-order chi connectivity index (χ0) is 15.0. The van der Waals surface area contributed by atoms with E-state index in [2.05, 4.69) is 34.4 Å². The van der Waals surface area contributed by atoms with Crippen LogP contribution in [0.5, 0.6) is 0 Å². The lowest BCUT2D eigenvalue weighted by Gasteiger charge is -2.27. The second-order valence-electron chi connectivity index (χ2n) is 5.92. The van der Waals surface area contributed by atoms with Gasteiger partial charge in [0.05, 0.1) is 13.1 Å². The van der Waals surface area contributed by atoms with Crippen LogP contribution < -0.4 is 0 Å². The molecular weight excluding hydrogens is 262 g/mol. The van der Waals surface area contributed by atoms with Gasteiger partial charge in [-0.2, -0.15) is 0 Å². The largest absolute Gasteiger partial charge is 0.333 e. The molecule has 0 radical (unpaired) electrons. The molecule has 0 aliphatic carbocycles. The number of Topliss-reactive ketones (excluding diaryl/α,β-unsaturated/α-hetero) is 1. The van der Waals surface area contributed by atoms with Crippen molar-refractivity contribution in [2.45, 2.75) is 33.9 Å². The van der Waals surface area contributed by atoms with E-state index in [1.54, 1.807) is 0 Å². The average molecular weight is 283 g/mol. The van der Waals surface area contributed by atoms with Crippen LogP contribution in [0, 0.1) is 20.8 Å². The van der Waals surface area contributed by atoms with Crippen molar-refractivity contribution in [3.63, 3.8) is 0 Å². The van der Waals surface area contributed by atoms with E-state index in [1.807, 2.05) is 25.4 Å². The molecule has 0 spiro atoms. The summed E-state index contributed by atoms with van der Waals surface area (Å²) in [5.41, 5.74) is 4.34. The lowest BCUT2D eigenvalue weighted by Crippen LogP contribution is -2.37. The Morgan fingerprint density at radius 2 is 1.90 bits per heavy atom. The van der Waals surface area contributed by atoms with Gasteiger partial charge in [-0.05, 0) is 43.5 Å². The smallest absolute Gasteiger partial charge is 0.177 e. The van der Waals surface area contributed by atoms with Gasteiger partial charge in [0.15, 0.2) is 5.78 Å². The SMILES string of the molecule is Cc1cc(C)c(C(=O)CN2CCn3ccnc3C2)cc1C. The predicted molar refractivity (Wildman–Crippen MR) is 82.5 cm³/mol. The highest BCUT2D eigenvalue weighted by molar-refractivity contribution is 5.99. The van der Waals surface area contributed by atoms with Gasteiger partial charge < -0.3 is 4.57 Å². The summed E-state index contributed by atoms with van der Waals surface area (Å²) in [6.07, 6.45) is 3.83. The number of ketones is 1. The molecule has 1 aromatic heterocycles. The Labute approximate surface area is 125 Å². The second-order valence-corrected chi connectivity index (χ2v) is 5.92. The third-order valence-electron chi connectivity index (χ3n) is 4.33. The molecule has 0 N–H and O–H groups in total. The number of nitrogens with zero attached hydrogens (tertiary/aromatic N) is 3. The minimum Gasteiger partial charge on any atom is -0.333 e. The number of rotatable bonds is 3. The van der Waals surface area contributed by atoms with Gasteiger partial charge in [-0.1, -0.05) is 6.07 Å². The highest BCUT2D eigenvalue weighted by Crippen LogP contribution is 2.17. The van der Waals surface area contributed by atoms with E-state index in [1.165, 1.54) is 11.1 Å². The van der Waals surface area contributed by atoms with Crippen molar-refractivity contribution in [2.24, 2.45) is 0 Å². The third-order valence-corrected chi connectivity index (χ3v) is 4.33. The maximum absolute atomic E-state index is 12.6. The minimum absolute atomic E-state index is 0.204. The Morgan fingerprint density at radius 1 is 1.14 bits per heavy atom. The van der Waals surface area contributed by atoms with Crippen LogP contribution in [0.4, 0.5) is 0 Å². The summed E-state index contributed by atoms with van der Waals surface area (Å²) in [7, 11) is 0. The van der Waals surface area contributed by atoms with Crippen LogP contribution in [0.1, 0.15) is 32.9 Å². The zero-order valence-electron chi connectivity index (χ0n) is 12.9. The molecule has 2 aromatic rings. The Hall–Kier alpha value is -1.94. The van der Waals surface area contributed by atoms with Gasteiger partial charge in [0.1, 0.15) is 5.82 Å². The Balaban J connectivity index is 1.74. The standard InChI is InChI=1S/C17H21N3O/c1-12-8-14(3)15(9-13(12)2)16(21)10-19-6-7-20-5-4-18-17(20)11-19/h4-5,8-9H,6-7,10-11H2,1-3H3. The molecule has 3 rings (SSSR count). The fourth-order valence-corrected chi connectivity index (χ4v) is 2.91. The van der Waals surface area contributed by atoms with Crippen LogP contribution in [-0.4, -0.2) is 33.3 Å². The van der Waals surface area contributed by atoms with E-state index < -0.39 is 0 Å². The van der Waals surface area contributed by atoms with Gasteiger partial charge in [-0.15, -0.1) is 0 Å². The first kappa shape index (κ1) is 14.0. The quantitative estimate of drug-likeness (QED) is 0.812. The molecular formula is C17H21N3O. The molecule has 110 valence electrons. The van der Waals surface area contributed by atoms with Crippen LogP contribution in [0.3, 0.4) is 0 Å². The average Bonchev–Trinajstić information content (AvgIpc) is 2.90. The van der Waals surface area contributed by atoms with Gasteiger partial charge >= 0.3 is 0 Å². The number of imidazole rings is 1. The second kappa shape index (κ2) is 5.45. The van der Waals surface area contributed by atoms with Crippen molar-refractivity contribution in [3.8, 4) is 0 Å². The topological polar surface area (TPSA) is 38.1 Å². The summed E-state index contributed by atoms with van der Waals surface area (Å²) in [5.74, 6) is 1.25. The van der Waals surface area contributed by atoms with E-state index in [9.17, 15) is 4.79 Å². The molecule has 0 atom stereocenters. The summed E-state index contributed by atoms with van der Waals surface area (Å²) >= 11 is 0. The van der Waals surface area contributed by atoms with Crippen LogP contribution >= 0.6 is 0 Å². The molecule has 1 aliphatic heterocycles. The van der Waals surface area contributed by atoms with Crippen molar-refractivity contribution < 1.29 is 4.79 Å². The van der Waals surface area contributed by atoms with E-state index in [0.717, 1.165) is 36.6 Å². The molecule has 1 aliphatic rings. The molecule has 4 nitrogen and oxygen atoms in total. The van der Waals surface area contributed by atoms with Crippen molar-refractivity contribution in [1.82, 2.24) is 14.5 Å². The number of hydrogen-bond donors (Lipinski definition) is 0. The normalized spacial score (nSPS) is 15.0. The van der Waals surface area contributed by atoms with E-state index in [-0.39, 0.29) is 5.78 Å². The summed E-state index contributed by atoms with van der Waals surface area (Å²) < 4.78 is 2.16. The highest BCUT2D eigenvalue weighted by Gasteiger charge is 2.20. The number of carbonyl (C=O) groups excluding carboxylic acids is 1. The number of hydrogen-bond acceptors (Lipinski definition) is 3. The molecule has 4 heteroatoms. The first-order valence-electron chi connectivity index (χ1n) is 7.38. The number of benzene rings is 1. The van der Waals surface area contributed by atoms with Crippen molar-refractivity contribution in [3.05, 3.63) is 52.6 Å². The van der Waals surface area contributed by atoms with Crippen LogP contribution in [0.15, 0.2) is 24.5 Å². The van der Waals surface area contributed by atoms with E-state index in [0.29, 0.717) is 6.54 Å². The number of carbonyl (C=O) groups is 1. The molecule has 0 saturated carbocycles. The Morgan fingerprint density at radius 3 is 2.71 bits per heavy atom. The van der Waals surface area contributed by atoms with E-state index >= 15 is 0 Å². The lowest BCUT2D eigenvalue weighted by atomic mass is 9.98. The minimum atomic E-state index is 0.204. The van der Waals surface area contributed by atoms with Crippen LogP contribution in [0.2, 0.25) is 0 Å². The summed E-state index contributed by atoms with van der Waals surface area (Å²) in [5, 5.41) is 0. The third kappa shape index (κ3) is 2.76. The summed E-state index contributed by atoms with van der Waals surface area (Å²) in [4.78, 5) is 19.1. The maximum atomic E-state index is 12.6. The molecule has 0 amide bonds.